The fourth-order valence-corrected chi connectivity index (χ4v) is 2.97. The Morgan fingerprint density at radius 2 is 2.16 bits per heavy atom. The van der Waals surface area contributed by atoms with E-state index in [4.69, 9.17) is 4.74 Å². The van der Waals surface area contributed by atoms with Gasteiger partial charge in [0.05, 0.1) is 6.61 Å². The number of ether oxygens (including phenoxy) is 1. The zero-order valence-corrected chi connectivity index (χ0v) is 12.0. The maximum Gasteiger partial charge on any atom is 0.367 e. The Kier molecular flexibility index (Phi) is 4.19. The number of hydrogen-bond acceptors (Lipinski definition) is 5. The number of esters is 1. The van der Waals surface area contributed by atoms with E-state index < -0.39 is 5.97 Å². The van der Waals surface area contributed by atoms with Gasteiger partial charge in [0.25, 0.3) is 5.91 Å². The maximum atomic E-state index is 12.1. The molecule has 19 heavy (non-hydrogen) atoms. The average Bonchev–Trinajstić information content (AvgIpc) is 2.98. The molecule has 1 fully saturated rings. The van der Waals surface area contributed by atoms with Crippen LogP contribution in [0.4, 0.5) is 0 Å². The van der Waals surface area contributed by atoms with E-state index in [-0.39, 0.29) is 16.5 Å². The average molecular weight is 282 g/mol. The molecule has 0 aliphatic heterocycles. The van der Waals surface area contributed by atoms with Crippen molar-refractivity contribution >= 4 is 23.2 Å². The minimum atomic E-state index is -0.473. The van der Waals surface area contributed by atoms with E-state index >= 15 is 0 Å². The highest BCUT2D eigenvalue weighted by molar-refractivity contribution is 7.11. The van der Waals surface area contributed by atoms with E-state index in [9.17, 15) is 9.59 Å². The van der Waals surface area contributed by atoms with Gasteiger partial charge in [0.1, 0.15) is 5.69 Å². The number of nitrogens with one attached hydrogen (secondary N) is 1. The quantitative estimate of drug-likeness (QED) is 0.861. The Balaban J connectivity index is 2.02. The molecule has 0 radical (unpaired) electrons. The Labute approximate surface area is 116 Å². The summed E-state index contributed by atoms with van der Waals surface area (Å²) in [6.45, 7) is 4.09. The first-order valence-corrected chi connectivity index (χ1v) is 7.37. The third kappa shape index (κ3) is 3.32. The van der Waals surface area contributed by atoms with E-state index in [0.717, 1.165) is 37.0 Å². The Bertz CT molecular complexity index is 478. The molecule has 1 aromatic heterocycles. The summed E-state index contributed by atoms with van der Waals surface area (Å²) >= 11 is 1.14. The fraction of sp³-hybridized carbons (Fsp3) is 0.615. The minimum absolute atomic E-state index is 0.134. The summed E-state index contributed by atoms with van der Waals surface area (Å²) in [5.74, 6) is -0.685. The highest BCUT2D eigenvalue weighted by Crippen LogP contribution is 2.29. The highest BCUT2D eigenvalue weighted by atomic mass is 32.1. The van der Waals surface area contributed by atoms with Gasteiger partial charge in [-0.1, -0.05) is 12.8 Å². The lowest BCUT2D eigenvalue weighted by Crippen LogP contribution is -2.43. The van der Waals surface area contributed by atoms with E-state index in [2.05, 4.69) is 17.2 Å². The van der Waals surface area contributed by atoms with Crippen LogP contribution in [0.5, 0.6) is 0 Å². The molecule has 6 heteroatoms. The molecule has 1 heterocycles. The summed E-state index contributed by atoms with van der Waals surface area (Å²) in [6, 6.07) is 0. The predicted molar refractivity (Wildman–Crippen MR) is 72.4 cm³/mol. The van der Waals surface area contributed by atoms with Crippen molar-refractivity contribution in [2.24, 2.45) is 0 Å². The SMILES string of the molecule is CCOC(=O)c1nc(C(=O)NC2(C)CCCC2)cs1. The van der Waals surface area contributed by atoms with Crippen molar-refractivity contribution in [1.82, 2.24) is 10.3 Å². The zero-order chi connectivity index (χ0) is 13.9. The highest BCUT2D eigenvalue weighted by Gasteiger charge is 2.31. The van der Waals surface area contributed by atoms with Crippen LogP contribution < -0.4 is 5.32 Å². The van der Waals surface area contributed by atoms with Crippen molar-refractivity contribution in [3.8, 4) is 0 Å². The number of thiazole rings is 1. The molecule has 1 amide bonds. The van der Waals surface area contributed by atoms with Crippen LogP contribution in [0.3, 0.4) is 0 Å². The third-order valence-corrected chi connectivity index (χ3v) is 4.13. The normalized spacial score (nSPS) is 17.2. The Morgan fingerprint density at radius 3 is 2.79 bits per heavy atom. The van der Waals surface area contributed by atoms with Gasteiger partial charge in [-0.15, -0.1) is 11.3 Å². The van der Waals surface area contributed by atoms with Gasteiger partial charge in [-0.25, -0.2) is 9.78 Å². The first-order valence-electron chi connectivity index (χ1n) is 6.49. The van der Waals surface area contributed by atoms with Crippen molar-refractivity contribution in [2.75, 3.05) is 6.61 Å². The van der Waals surface area contributed by atoms with Crippen molar-refractivity contribution in [1.29, 1.82) is 0 Å². The molecule has 0 unspecified atom stereocenters. The lowest BCUT2D eigenvalue weighted by molar-refractivity contribution is 0.0526. The number of amides is 1. The van der Waals surface area contributed by atoms with Crippen LogP contribution in [-0.2, 0) is 4.74 Å². The van der Waals surface area contributed by atoms with Crippen LogP contribution in [0.2, 0.25) is 0 Å². The van der Waals surface area contributed by atoms with Gasteiger partial charge in [-0.2, -0.15) is 0 Å². The summed E-state index contributed by atoms with van der Waals surface area (Å²) in [5, 5.41) is 4.83. The summed E-state index contributed by atoms with van der Waals surface area (Å²) in [7, 11) is 0. The largest absolute Gasteiger partial charge is 0.461 e. The van der Waals surface area contributed by atoms with Crippen LogP contribution in [0, 0.1) is 0 Å². The van der Waals surface area contributed by atoms with Crippen molar-refractivity contribution < 1.29 is 14.3 Å². The third-order valence-electron chi connectivity index (χ3n) is 3.31. The van der Waals surface area contributed by atoms with E-state index in [0.29, 0.717) is 12.3 Å². The van der Waals surface area contributed by atoms with Crippen molar-refractivity contribution in [2.45, 2.75) is 45.1 Å². The standard InChI is InChI=1S/C13H18N2O3S/c1-3-18-12(17)11-14-9(8-19-11)10(16)15-13(2)6-4-5-7-13/h8H,3-7H2,1-2H3,(H,15,16). The van der Waals surface area contributed by atoms with Gasteiger partial charge >= 0.3 is 5.97 Å². The number of aromatic nitrogens is 1. The topological polar surface area (TPSA) is 68.3 Å². The molecule has 0 spiro atoms. The van der Waals surface area contributed by atoms with Gasteiger partial charge in [-0.05, 0) is 26.7 Å². The minimum Gasteiger partial charge on any atom is -0.461 e. The van der Waals surface area contributed by atoms with Crippen LogP contribution in [0.15, 0.2) is 5.38 Å². The Hall–Kier alpha value is -1.43. The Morgan fingerprint density at radius 1 is 1.47 bits per heavy atom. The van der Waals surface area contributed by atoms with Gasteiger partial charge in [-0.3, -0.25) is 4.79 Å². The molecule has 0 saturated heterocycles. The van der Waals surface area contributed by atoms with Gasteiger partial charge in [0, 0.05) is 10.9 Å². The lowest BCUT2D eigenvalue weighted by Gasteiger charge is -2.24. The lowest BCUT2D eigenvalue weighted by atomic mass is 10.0. The fourth-order valence-electron chi connectivity index (χ4n) is 2.28. The molecule has 1 aliphatic carbocycles. The molecule has 1 aromatic rings. The molecule has 2 rings (SSSR count). The second kappa shape index (κ2) is 5.69. The van der Waals surface area contributed by atoms with Crippen LogP contribution in [0.25, 0.3) is 0 Å². The van der Waals surface area contributed by atoms with E-state index in [1.807, 2.05) is 0 Å². The van der Waals surface area contributed by atoms with Gasteiger partial charge in [0.15, 0.2) is 0 Å². The first kappa shape index (κ1) is 14.0. The molecule has 0 bridgehead atoms. The van der Waals surface area contributed by atoms with Gasteiger partial charge in [0.2, 0.25) is 5.01 Å². The smallest absolute Gasteiger partial charge is 0.367 e. The number of rotatable bonds is 4. The molecule has 5 nitrogen and oxygen atoms in total. The zero-order valence-electron chi connectivity index (χ0n) is 11.2. The monoisotopic (exact) mass is 282 g/mol. The van der Waals surface area contributed by atoms with Crippen LogP contribution in [0.1, 0.15) is 59.8 Å². The maximum absolute atomic E-state index is 12.1. The van der Waals surface area contributed by atoms with Crippen molar-refractivity contribution in [3.63, 3.8) is 0 Å². The van der Waals surface area contributed by atoms with E-state index in [1.165, 1.54) is 0 Å². The molecular formula is C13H18N2O3S. The summed E-state index contributed by atoms with van der Waals surface area (Å²) in [5.41, 5.74) is 0.159. The first-order chi connectivity index (χ1) is 9.04. The van der Waals surface area contributed by atoms with Crippen LogP contribution >= 0.6 is 11.3 Å². The van der Waals surface area contributed by atoms with E-state index in [1.54, 1.807) is 12.3 Å². The summed E-state index contributed by atoms with van der Waals surface area (Å²) in [6.07, 6.45) is 4.27. The number of carbonyl (C=O) groups is 2. The molecule has 0 atom stereocenters. The van der Waals surface area contributed by atoms with Crippen LogP contribution in [-0.4, -0.2) is 29.0 Å². The molecule has 1 N–H and O–H groups in total. The van der Waals surface area contributed by atoms with Crippen molar-refractivity contribution in [3.05, 3.63) is 16.1 Å². The van der Waals surface area contributed by atoms with Gasteiger partial charge < -0.3 is 10.1 Å². The number of hydrogen-bond donors (Lipinski definition) is 1. The number of carbonyl (C=O) groups excluding carboxylic acids is 2. The summed E-state index contributed by atoms with van der Waals surface area (Å²) < 4.78 is 4.85. The molecule has 0 aromatic carbocycles. The molecular weight excluding hydrogens is 264 g/mol. The molecule has 104 valence electrons. The second-order valence-corrected chi connectivity index (χ2v) is 5.84. The molecule has 1 saturated carbocycles. The second-order valence-electron chi connectivity index (χ2n) is 4.98. The predicted octanol–water partition coefficient (Wildman–Crippen LogP) is 2.38. The summed E-state index contributed by atoms with van der Waals surface area (Å²) in [4.78, 5) is 27.6. The molecule has 1 aliphatic rings. The number of nitrogens with zero attached hydrogens (tertiary/aromatic N) is 1.